The number of rotatable bonds is 1. The predicted molar refractivity (Wildman–Crippen MR) is 44.2 cm³/mol. The Hall–Kier alpha value is 0.500. The molecule has 1 aliphatic carbocycles. The molecule has 1 fully saturated rings. The van der Waals surface area contributed by atoms with Crippen LogP contribution in [0, 0.1) is 0 Å². The van der Waals surface area contributed by atoms with Gasteiger partial charge in [-0.2, -0.15) is 0 Å². The van der Waals surface area contributed by atoms with Crippen molar-refractivity contribution < 1.29 is 0 Å². The fraction of sp³-hybridized carbons (Fsp3) is 1.00. The first kappa shape index (κ1) is 8.60. The molecule has 3 unspecified atom stereocenters. The first-order valence-electron chi connectivity index (χ1n) is 3.48. The van der Waals surface area contributed by atoms with E-state index < -0.39 is 0 Å². The van der Waals surface area contributed by atoms with Crippen molar-refractivity contribution in [1.29, 1.82) is 0 Å². The van der Waals surface area contributed by atoms with E-state index in [-0.39, 0.29) is 10.8 Å². The number of hydrogen-bond acceptors (Lipinski definition) is 2. The molecule has 1 rings (SSSR count). The van der Waals surface area contributed by atoms with Crippen LogP contribution in [-0.2, 0) is 0 Å². The van der Waals surface area contributed by atoms with Gasteiger partial charge in [0.2, 0.25) is 0 Å². The molecule has 3 N–H and O–H groups in total. The van der Waals surface area contributed by atoms with E-state index in [1.165, 1.54) is 0 Å². The molecule has 0 aromatic heterocycles. The predicted octanol–water partition coefficient (Wildman–Crippen LogP) is 1.22. The number of alkyl halides is 2. The summed E-state index contributed by atoms with van der Waals surface area (Å²) >= 11 is 11.8. The lowest BCUT2D eigenvalue weighted by Crippen LogP contribution is -2.42. The van der Waals surface area contributed by atoms with E-state index in [0.29, 0.717) is 6.04 Å². The molecule has 0 heterocycles. The van der Waals surface area contributed by atoms with E-state index in [9.17, 15) is 0 Å². The fourth-order valence-corrected chi connectivity index (χ4v) is 1.80. The number of hydrogen-bond donors (Lipinski definition) is 2. The second kappa shape index (κ2) is 3.77. The Bertz CT molecular complexity index is 110. The van der Waals surface area contributed by atoms with Crippen LogP contribution in [0.25, 0.3) is 0 Å². The van der Waals surface area contributed by atoms with Gasteiger partial charge < -0.3 is 0 Å². The van der Waals surface area contributed by atoms with E-state index in [2.05, 4.69) is 5.43 Å². The van der Waals surface area contributed by atoms with Gasteiger partial charge >= 0.3 is 0 Å². The van der Waals surface area contributed by atoms with Crippen LogP contribution >= 0.6 is 23.2 Å². The second-order valence-corrected chi connectivity index (χ2v) is 3.83. The SMILES string of the molecule is NNC1CCC(Cl)C(Cl)C1. The summed E-state index contributed by atoms with van der Waals surface area (Å²) in [5.74, 6) is 5.26. The monoisotopic (exact) mass is 182 g/mol. The van der Waals surface area contributed by atoms with Gasteiger partial charge in [-0.1, -0.05) is 0 Å². The molecular weight excluding hydrogens is 171 g/mol. The smallest absolute Gasteiger partial charge is 0.0515 e. The van der Waals surface area contributed by atoms with Gasteiger partial charge in [-0.05, 0) is 19.3 Å². The van der Waals surface area contributed by atoms with Crippen LogP contribution in [0.2, 0.25) is 0 Å². The molecule has 0 bridgehead atoms. The Morgan fingerprint density at radius 3 is 2.40 bits per heavy atom. The highest BCUT2D eigenvalue weighted by Crippen LogP contribution is 2.26. The molecule has 1 aliphatic rings. The Morgan fingerprint density at radius 1 is 1.20 bits per heavy atom. The van der Waals surface area contributed by atoms with Crippen LogP contribution in [0.15, 0.2) is 0 Å². The minimum Gasteiger partial charge on any atom is -0.271 e. The van der Waals surface area contributed by atoms with Gasteiger partial charge in [-0.15, -0.1) is 23.2 Å². The van der Waals surface area contributed by atoms with Gasteiger partial charge in [0, 0.05) is 6.04 Å². The van der Waals surface area contributed by atoms with Crippen molar-refractivity contribution in [2.45, 2.75) is 36.1 Å². The Morgan fingerprint density at radius 2 is 1.90 bits per heavy atom. The highest BCUT2D eigenvalue weighted by molar-refractivity contribution is 6.30. The van der Waals surface area contributed by atoms with Crippen LogP contribution in [0.1, 0.15) is 19.3 Å². The molecule has 1 saturated carbocycles. The maximum Gasteiger partial charge on any atom is 0.0515 e. The van der Waals surface area contributed by atoms with E-state index in [1.807, 2.05) is 0 Å². The third kappa shape index (κ3) is 1.99. The normalized spacial score (nSPS) is 41.7. The van der Waals surface area contributed by atoms with Gasteiger partial charge in [0.15, 0.2) is 0 Å². The van der Waals surface area contributed by atoms with E-state index >= 15 is 0 Å². The molecule has 2 nitrogen and oxygen atoms in total. The molecular formula is C6H12Cl2N2. The number of hydrazine groups is 1. The molecule has 3 atom stereocenters. The van der Waals surface area contributed by atoms with Crippen molar-refractivity contribution >= 4 is 23.2 Å². The molecule has 4 heteroatoms. The highest BCUT2D eigenvalue weighted by atomic mass is 35.5. The standard InChI is InChI=1S/C6H12Cl2N2/c7-5-2-1-4(10-9)3-6(5)8/h4-6,10H,1-3,9H2. The summed E-state index contributed by atoms with van der Waals surface area (Å²) in [4.78, 5) is 0. The molecule has 0 aromatic carbocycles. The summed E-state index contributed by atoms with van der Waals surface area (Å²) in [6, 6.07) is 0.359. The summed E-state index contributed by atoms with van der Waals surface area (Å²) in [5.41, 5.74) is 2.71. The van der Waals surface area contributed by atoms with E-state index in [0.717, 1.165) is 19.3 Å². The van der Waals surface area contributed by atoms with Crippen molar-refractivity contribution in [3.8, 4) is 0 Å². The number of nitrogens with two attached hydrogens (primary N) is 1. The zero-order chi connectivity index (χ0) is 7.56. The van der Waals surface area contributed by atoms with Crippen molar-refractivity contribution in [2.75, 3.05) is 0 Å². The maximum absolute atomic E-state index is 5.91. The van der Waals surface area contributed by atoms with Gasteiger partial charge in [0.1, 0.15) is 0 Å². The molecule has 0 aromatic rings. The Balaban J connectivity index is 2.33. The minimum absolute atomic E-state index is 0.0801. The van der Waals surface area contributed by atoms with Crippen molar-refractivity contribution in [2.24, 2.45) is 5.84 Å². The van der Waals surface area contributed by atoms with Gasteiger partial charge in [-0.3, -0.25) is 11.3 Å². The summed E-state index contributed by atoms with van der Waals surface area (Å²) < 4.78 is 0. The fourth-order valence-electron chi connectivity index (χ4n) is 1.23. The van der Waals surface area contributed by atoms with Crippen molar-refractivity contribution in [1.82, 2.24) is 5.43 Å². The quantitative estimate of drug-likeness (QED) is 0.364. The zero-order valence-corrected chi connectivity index (χ0v) is 7.20. The lowest BCUT2D eigenvalue weighted by molar-refractivity contribution is 0.387. The van der Waals surface area contributed by atoms with Crippen molar-refractivity contribution in [3.63, 3.8) is 0 Å². The van der Waals surface area contributed by atoms with Gasteiger partial charge in [-0.25, -0.2) is 0 Å². The summed E-state index contributed by atoms with van der Waals surface area (Å²) in [6.07, 6.45) is 2.88. The average molecular weight is 183 g/mol. The molecule has 0 radical (unpaired) electrons. The summed E-state index contributed by atoms with van der Waals surface area (Å²) in [5, 5.41) is 0.211. The molecule has 10 heavy (non-hydrogen) atoms. The molecule has 0 spiro atoms. The van der Waals surface area contributed by atoms with Crippen LogP contribution in [0.5, 0.6) is 0 Å². The van der Waals surface area contributed by atoms with Crippen LogP contribution in [0.4, 0.5) is 0 Å². The highest BCUT2D eigenvalue weighted by Gasteiger charge is 2.26. The van der Waals surface area contributed by atoms with Crippen LogP contribution in [0.3, 0.4) is 0 Å². The van der Waals surface area contributed by atoms with Crippen LogP contribution in [-0.4, -0.2) is 16.8 Å². The molecule has 0 saturated heterocycles. The first-order valence-corrected chi connectivity index (χ1v) is 4.35. The minimum atomic E-state index is 0.0801. The third-order valence-electron chi connectivity index (χ3n) is 1.93. The Labute approximate surface area is 71.0 Å². The average Bonchev–Trinajstić information content (AvgIpc) is 1.95. The van der Waals surface area contributed by atoms with Crippen molar-refractivity contribution in [3.05, 3.63) is 0 Å². The maximum atomic E-state index is 5.91. The summed E-state index contributed by atoms with van der Waals surface area (Å²) in [6.45, 7) is 0. The lowest BCUT2D eigenvalue weighted by atomic mass is 9.95. The van der Waals surface area contributed by atoms with E-state index in [1.54, 1.807) is 0 Å². The van der Waals surface area contributed by atoms with Gasteiger partial charge in [0.05, 0.1) is 10.8 Å². The largest absolute Gasteiger partial charge is 0.271 e. The van der Waals surface area contributed by atoms with Gasteiger partial charge in [0.25, 0.3) is 0 Å². The molecule has 0 aliphatic heterocycles. The molecule has 60 valence electrons. The topological polar surface area (TPSA) is 38.0 Å². The second-order valence-electron chi connectivity index (χ2n) is 2.71. The zero-order valence-electron chi connectivity index (χ0n) is 5.69. The lowest BCUT2D eigenvalue weighted by Gasteiger charge is -2.28. The van der Waals surface area contributed by atoms with Crippen LogP contribution < -0.4 is 11.3 Å². The number of halogens is 2. The summed E-state index contributed by atoms with van der Waals surface area (Å²) in [7, 11) is 0. The first-order chi connectivity index (χ1) is 4.74. The third-order valence-corrected chi connectivity index (χ3v) is 3.06. The number of nitrogens with one attached hydrogen (secondary N) is 1. The van der Waals surface area contributed by atoms with E-state index in [4.69, 9.17) is 29.0 Å². The Kier molecular flexibility index (Phi) is 3.24. The molecule has 0 amide bonds.